The van der Waals surface area contributed by atoms with Crippen LogP contribution >= 0.6 is 0 Å². The molecule has 0 fully saturated rings. The number of nitrogens with two attached hydrogens (primary N) is 1. The molecule has 5 nitrogen and oxygen atoms in total. The van der Waals surface area contributed by atoms with E-state index < -0.39 is 23.1 Å². The highest BCUT2D eigenvalue weighted by Crippen LogP contribution is 2.15. The molecular weight excluding hydrogens is 186 g/mol. The molecule has 0 bridgehead atoms. The summed E-state index contributed by atoms with van der Waals surface area (Å²) in [6.45, 7) is 6.49. The highest BCUT2D eigenvalue weighted by Gasteiger charge is 2.43. The molecule has 1 atom stereocenters. The van der Waals surface area contributed by atoms with Crippen LogP contribution in [-0.4, -0.2) is 28.2 Å². The fourth-order valence-electron chi connectivity index (χ4n) is 0.752. The quantitative estimate of drug-likeness (QED) is 0.515. The van der Waals surface area contributed by atoms with E-state index in [-0.39, 0.29) is 6.42 Å². The zero-order valence-electron chi connectivity index (χ0n) is 8.96. The second kappa shape index (κ2) is 3.96. The first-order chi connectivity index (χ1) is 6.13. The lowest BCUT2D eigenvalue weighted by atomic mass is 9.98. The van der Waals surface area contributed by atoms with E-state index in [1.807, 2.05) is 0 Å². The molecule has 0 amide bonds. The Hall–Kier alpha value is -1.10. The van der Waals surface area contributed by atoms with Crippen LogP contribution in [0.3, 0.4) is 0 Å². The Morgan fingerprint density at radius 1 is 1.36 bits per heavy atom. The topological polar surface area (TPSA) is 89.6 Å². The largest absolute Gasteiger partial charge is 0.479 e. The Bertz CT molecular complexity index is 244. The summed E-state index contributed by atoms with van der Waals surface area (Å²) in [4.78, 5) is 22.2. The summed E-state index contributed by atoms with van der Waals surface area (Å²) in [5, 5.41) is 8.77. The lowest BCUT2D eigenvalue weighted by Gasteiger charge is -2.27. The summed E-state index contributed by atoms with van der Waals surface area (Å²) in [6.07, 6.45) is -0.00273. The molecule has 0 aliphatic rings. The Morgan fingerprint density at radius 2 is 1.79 bits per heavy atom. The second-order valence-corrected chi connectivity index (χ2v) is 4.13. The van der Waals surface area contributed by atoms with Gasteiger partial charge in [0.25, 0.3) is 0 Å². The van der Waals surface area contributed by atoms with Gasteiger partial charge in [-0.1, -0.05) is 6.92 Å². The maximum atomic E-state index is 11.4. The van der Waals surface area contributed by atoms with Gasteiger partial charge in [0, 0.05) is 0 Å². The minimum atomic E-state index is -1.94. The number of hydrogen-bond acceptors (Lipinski definition) is 4. The van der Waals surface area contributed by atoms with Crippen LogP contribution in [0, 0.1) is 0 Å². The fourth-order valence-corrected chi connectivity index (χ4v) is 0.752. The lowest BCUT2D eigenvalue weighted by Crippen LogP contribution is -2.56. The molecule has 0 heterocycles. The Balaban J connectivity index is 4.73. The number of carboxylic acid groups (broad SMARTS) is 1. The predicted molar refractivity (Wildman–Crippen MR) is 50.7 cm³/mol. The third-order valence-corrected chi connectivity index (χ3v) is 1.70. The molecular formula is C9H17NO4. The van der Waals surface area contributed by atoms with Crippen molar-refractivity contribution in [3.8, 4) is 0 Å². The molecule has 0 aromatic rings. The molecule has 0 saturated heterocycles. The third-order valence-electron chi connectivity index (χ3n) is 1.70. The van der Waals surface area contributed by atoms with Gasteiger partial charge in [-0.2, -0.15) is 0 Å². The average Bonchev–Trinajstić information content (AvgIpc) is 1.99. The summed E-state index contributed by atoms with van der Waals surface area (Å²) in [5.41, 5.74) is 2.75. The first-order valence-electron chi connectivity index (χ1n) is 4.39. The Kier molecular flexibility index (Phi) is 3.65. The molecule has 1 unspecified atom stereocenters. The summed E-state index contributed by atoms with van der Waals surface area (Å²) in [7, 11) is 0. The zero-order chi connectivity index (χ0) is 11.6. The van der Waals surface area contributed by atoms with Crippen molar-refractivity contribution in [2.75, 3.05) is 0 Å². The van der Waals surface area contributed by atoms with Crippen molar-refractivity contribution in [1.82, 2.24) is 0 Å². The van der Waals surface area contributed by atoms with Gasteiger partial charge in [-0.3, -0.25) is 0 Å². The molecule has 0 radical (unpaired) electrons. The van der Waals surface area contributed by atoms with Gasteiger partial charge < -0.3 is 15.6 Å². The fraction of sp³-hybridized carbons (Fsp3) is 0.778. The van der Waals surface area contributed by atoms with Crippen LogP contribution in [0.4, 0.5) is 0 Å². The molecule has 5 heteroatoms. The first kappa shape index (κ1) is 12.9. The van der Waals surface area contributed by atoms with E-state index in [1.54, 1.807) is 20.8 Å². The maximum absolute atomic E-state index is 11.4. The molecule has 0 saturated carbocycles. The molecule has 14 heavy (non-hydrogen) atoms. The number of carbonyl (C=O) groups excluding carboxylic acids is 1. The molecule has 0 aliphatic carbocycles. The van der Waals surface area contributed by atoms with Crippen LogP contribution in [0.5, 0.6) is 0 Å². The standard InChI is InChI=1S/C9H17NO4/c1-5-9(10,6(11)12)7(13)14-8(2,3)4/h5,10H2,1-4H3,(H,11,12). The van der Waals surface area contributed by atoms with E-state index >= 15 is 0 Å². The molecule has 0 aromatic carbocycles. The van der Waals surface area contributed by atoms with Crippen molar-refractivity contribution >= 4 is 11.9 Å². The first-order valence-corrected chi connectivity index (χ1v) is 4.39. The van der Waals surface area contributed by atoms with Gasteiger partial charge in [0.15, 0.2) is 0 Å². The van der Waals surface area contributed by atoms with E-state index in [2.05, 4.69) is 0 Å². The maximum Gasteiger partial charge on any atom is 0.338 e. The summed E-state index contributed by atoms with van der Waals surface area (Å²) in [5.74, 6) is -2.27. The minimum Gasteiger partial charge on any atom is -0.479 e. The lowest BCUT2D eigenvalue weighted by molar-refractivity contribution is -0.169. The Morgan fingerprint density at radius 3 is 2.00 bits per heavy atom. The number of carbonyl (C=O) groups is 2. The van der Waals surface area contributed by atoms with Gasteiger partial charge in [-0.25, -0.2) is 9.59 Å². The molecule has 0 aliphatic heterocycles. The number of hydrogen-bond donors (Lipinski definition) is 2. The van der Waals surface area contributed by atoms with E-state index in [0.29, 0.717) is 0 Å². The van der Waals surface area contributed by atoms with E-state index in [1.165, 1.54) is 6.92 Å². The van der Waals surface area contributed by atoms with Crippen molar-refractivity contribution in [2.24, 2.45) is 5.73 Å². The summed E-state index contributed by atoms with van der Waals surface area (Å²) < 4.78 is 4.91. The van der Waals surface area contributed by atoms with Crippen molar-refractivity contribution in [1.29, 1.82) is 0 Å². The van der Waals surface area contributed by atoms with Gasteiger partial charge in [0.1, 0.15) is 5.60 Å². The smallest absolute Gasteiger partial charge is 0.338 e. The second-order valence-electron chi connectivity index (χ2n) is 4.13. The minimum absolute atomic E-state index is 0.00273. The van der Waals surface area contributed by atoms with E-state index in [9.17, 15) is 9.59 Å². The highest BCUT2D eigenvalue weighted by molar-refractivity contribution is 6.03. The van der Waals surface area contributed by atoms with Crippen molar-refractivity contribution in [2.45, 2.75) is 45.3 Å². The number of ether oxygens (including phenoxy) is 1. The summed E-state index contributed by atoms with van der Waals surface area (Å²) >= 11 is 0. The van der Waals surface area contributed by atoms with Gasteiger partial charge in [-0.05, 0) is 27.2 Å². The van der Waals surface area contributed by atoms with Gasteiger partial charge in [0.2, 0.25) is 5.54 Å². The monoisotopic (exact) mass is 203 g/mol. The average molecular weight is 203 g/mol. The van der Waals surface area contributed by atoms with E-state index in [4.69, 9.17) is 15.6 Å². The zero-order valence-corrected chi connectivity index (χ0v) is 8.96. The molecule has 3 N–H and O–H groups in total. The molecule has 82 valence electrons. The predicted octanol–water partition coefficient (Wildman–Crippen LogP) is 0.520. The van der Waals surface area contributed by atoms with Gasteiger partial charge >= 0.3 is 11.9 Å². The van der Waals surface area contributed by atoms with Crippen LogP contribution in [-0.2, 0) is 14.3 Å². The van der Waals surface area contributed by atoms with Crippen LogP contribution in [0.15, 0.2) is 0 Å². The Labute approximate surface area is 83.2 Å². The summed E-state index contributed by atoms with van der Waals surface area (Å²) in [6, 6.07) is 0. The molecule has 0 aromatic heterocycles. The third kappa shape index (κ3) is 2.99. The van der Waals surface area contributed by atoms with E-state index in [0.717, 1.165) is 0 Å². The van der Waals surface area contributed by atoms with Crippen LogP contribution in [0.25, 0.3) is 0 Å². The van der Waals surface area contributed by atoms with Crippen LogP contribution in [0.2, 0.25) is 0 Å². The molecule has 0 rings (SSSR count). The van der Waals surface area contributed by atoms with Crippen molar-refractivity contribution in [3.05, 3.63) is 0 Å². The SMILES string of the molecule is CCC(N)(C(=O)O)C(=O)OC(C)(C)C. The number of rotatable bonds is 3. The number of aliphatic carboxylic acids is 1. The van der Waals surface area contributed by atoms with Crippen LogP contribution < -0.4 is 5.73 Å². The normalized spacial score (nSPS) is 15.8. The van der Waals surface area contributed by atoms with Gasteiger partial charge in [0.05, 0.1) is 0 Å². The van der Waals surface area contributed by atoms with Crippen molar-refractivity contribution in [3.63, 3.8) is 0 Å². The molecule has 0 spiro atoms. The van der Waals surface area contributed by atoms with Crippen LogP contribution in [0.1, 0.15) is 34.1 Å². The van der Waals surface area contributed by atoms with Gasteiger partial charge in [-0.15, -0.1) is 0 Å². The highest BCUT2D eigenvalue weighted by atomic mass is 16.6. The van der Waals surface area contributed by atoms with Crippen molar-refractivity contribution < 1.29 is 19.4 Å². The number of carboxylic acids is 1. The number of esters is 1.